The number of rotatable bonds is 9. The average Bonchev–Trinajstić information content (AvgIpc) is 3.34. The highest BCUT2D eigenvalue weighted by atomic mass is 32.2. The molecule has 0 bridgehead atoms. The molecule has 38 heavy (non-hydrogen) atoms. The number of aromatic nitrogens is 4. The van der Waals surface area contributed by atoms with Crippen molar-refractivity contribution in [3.63, 3.8) is 0 Å². The van der Waals surface area contributed by atoms with E-state index in [4.69, 9.17) is 0 Å². The summed E-state index contributed by atoms with van der Waals surface area (Å²) in [5.74, 6) is 2.39. The first kappa shape index (κ1) is 24.5. The van der Waals surface area contributed by atoms with Gasteiger partial charge in [-0.05, 0) is 54.9 Å². The van der Waals surface area contributed by atoms with Gasteiger partial charge in [0.1, 0.15) is 12.1 Å². The van der Waals surface area contributed by atoms with E-state index < -0.39 is 10.8 Å². The van der Waals surface area contributed by atoms with Crippen LogP contribution < -0.4 is 10.6 Å². The highest BCUT2D eigenvalue weighted by Gasteiger charge is 2.14. The Morgan fingerprint density at radius 1 is 0.921 bits per heavy atom. The molecule has 6 rings (SSSR count). The molecule has 5 aromatic rings. The monoisotopic (exact) mass is 525 g/mol. The van der Waals surface area contributed by atoms with Gasteiger partial charge in [-0.1, -0.05) is 30.3 Å². The van der Waals surface area contributed by atoms with E-state index in [0.717, 1.165) is 89.6 Å². The summed E-state index contributed by atoms with van der Waals surface area (Å²) in [4.78, 5) is 11.4. The van der Waals surface area contributed by atoms with Crippen LogP contribution in [-0.4, -0.2) is 66.5 Å². The van der Waals surface area contributed by atoms with Gasteiger partial charge in [-0.2, -0.15) is 5.10 Å². The smallest absolute Gasteiger partial charge is 0.141 e. The second-order valence-corrected chi connectivity index (χ2v) is 11.3. The zero-order valence-electron chi connectivity index (χ0n) is 21.2. The Balaban J connectivity index is 1.10. The molecule has 0 aliphatic carbocycles. The van der Waals surface area contributed by atoms with Crippen LogP contribution in [0.3, 0.4) is 0 Å². The first-order valence-corrected chi connectivity index (χ1v) is 14.5. The van der Waals surface area contributed by atoms with Crippen LogP contribution in [0, 0.1) is 0 Å². The Morgan fingerprint density at radius 3 is 2.63 bits per heavy atom. The predicted molar refractivity (Wildman–Crippen MR) is 156 cm³/mol. The van der Waals surface area contributed by atoms with Gasteiger partial charge in [0.2, 0.25) is 0 Å². The van der Waals surface area contributed by atoms with E-state index in [9.17, 15) is 4.21 Å². The molecule has 0 atom stereocenters. The van der Waals surface area contributed by atoms with Crippen LogP contribution in [0.15, 0.2) is 79.3 Å². The summed E-state index contributed by atoms with van der Waals surface area (Å²) in [6.07, 6.45) is 4.56. The molecule has 0 saturated carbocycles. The molecule has 194 valence electrons. The van der Waals surface area contributed by atoms with Gasteiger partial charge in [0.25, 0.3) is 0 Å². The minimum absolute atomic E-state index is 0.618. The molecule has 0 spiro atoms. The van der Waals surface area contributed by atoms with Gasteiger partial charge >= 0.3 is 0 Å². The Labute approximate surface area is 224 Å². The van der Waals surface area contributed by atoms with Crippen LogP contribution in [0.5, 0.6) is 0 Å². The summed E-state index contributed by atoms with van der Waals surface area (Å²) in [5, 5.41) is 13.6. The zero-order valence-corrected chi connectivity index (χ0v) is 22.0. The fourth-order valence-electron chi connectivity index (χ4n) is 4.89. The summed E-state index contributed by atoms with van der Waals surface area (Å²) in [5.41, 5.74) is 5.22. The Bertz CT molecular complexity index is 1560. The van der Waals surface area contributed by atoms with Crippen LogP contribution >= 0.6 is 0 Å². The third-order valence-electron chi connectivity index (χ3n) is 6.97. The summed E-state index contributed by atoms with van der Waals surface area (Å²) in [6.45, 7) is 4.55. The van der Waals surface area contributed by atoms with Crippen molar-refractivity contribution in [3.05, 3.63) is 84.8 Å². The van der Waals surface area contributed by atoms with Crippen LogP contribution in [0.2, 0.25) is 0 Å². The van der Waals surface area contributed by atoms with Crippen molar-refractivity contribution in [3.8, 4) is 0 Å². The summed E-state index contributed by atoms with van der Waals surface area (Å²) in [7, 11) is -0.618. The van der Waals surface area contributed by atoms with Crippen molar-refractivity contribution in [1.29, 1.82) is 0 Å². The number of nitrogens with zero attached hydrogens (tertiary/aromatic N) is 5. The topological polar surface area (TPSA) is 88.0 Å². The number of hydrogen-bond acceptors (Lipinski definition) is 7. The third kappa shape index (κ3) is 5.69. The largest absolute Gasteiger partial charge is 0.385 e. The lowest BCUT2D eigenvalue weighted by Gasteiger charge is -2.26. The first-order chi connectivity index (χ1) is 18.7. The Morgan fingerprint density at radius 2 is 1.76 bits per heavy atom. The quantitative estimate of drug-likeness (QED) is 0.271. The maximum atomic E-state index is 11.5. The highest BCUT2D eigenvalue weighted by Crippen LogP contribution is 2.27. The van der Waals surface area contributed by atoms with E-state index in [2.05, 4.69) is 91.3 Å². The molecule has 9 heteroatoms. The minimum atomic E-state index is -0.618. The molecule has 3 aromatic carbocycles. The standard InChI is InChI=1S/C29H31N7OS/c37-38-15-13-35(14-16-38)12-4-11-30-24-7-9-26-27(18-24)31-21-32-29(26)34-25-8-10-28-23(17-25)19-33-36(28)20-22-5-2-1-3-6-22/h1-3,5-10,17-19,21,30H,4,11-16,20H2,(H,31,32,34). The van der Waals surface area contributed by atoms with E-state index in [1.54, 1.807) is 6.33 Å². The highest BCUT2D eigenvalue weighted by molar-refractivity contribution is 7.85. The molecule has 1 saturated heterocycles. The molecular weight excluding hydrogens is 494 g/mol. The lowest BCUT2D eigenvalue weighted by Crippen LogP contribution is -2.38. The number of benzene rings is 3. The van der Waals surface area contributed by atoms with Gasteiger partial charge in [0, 0.05) is 64.1 Å². The predicted octanol–water partition coefficient (Wildman–Crippen LogP) is 4.64. The lowest BCUT2D eigenvalue weighted by molar-refractivity contribution is 0.298. The minimum Gasteiger partial charge on any atom is -0.385 e. The van der Waals surface area contributed by atoms with Gasteiger partial charge in [-0.25, -0.2) is 9.97 Å². The molecule has 0 radical (unpaired) electrons. The molecule has 1 aliphatic rings. The second-order valence-electron chi connectivity index (χ2n) is 9.61. The molecule has 1 aliphatic heterocycles. The normalized spacial score (nSPS) is 14.7. The summed E-state index contributed by atoms with van der Waals surface area (Å²) in [6, 6.07) is 22.9. The van der Waals surface area contributed by atoms with Gasteiger partial charge in [0.15, 0.2) is 0 Å². The zero-order chi connectivity index (χ0) is 25.7. The maximum Gasteiger partial charge on any atom is 0.141 e. The second kappa shape index (κ2) is 11.3. The van der Waals surface area contributed by atoms with Crippen molar-refractivity contribution in [2.75, 3.05) is 48.3 Å². The molecule has 0 amide bonds. The van der Waals surface area contributed by atoms with E-state index in [0.29, 0.717) is 0 Å². The van der Waals surface area contributed by atoms with E-state index in [-0.39, 0.29) is 0 Å². The molecular formula is C29H31N7OS. The molecule has 8 nitrogen and oxygen atoms in total. The molecule has 2 aromatic heterocycles. The molecule has 3 heterocycles. The van der Waals surface area contributed by atoms with Gasteiger partial charge < -0.3 is 15.5 Å². The number of nitrogens with one attached hydrogen (secondary N) is 2. The van der Waals surface area contributed by atoms with Crippen LogP contribution in [0.25, 0.3) is 21.8 Å². The lowest BCUT2D eigenvalue weighted by atomic mass is 10.2. The van der Waals surface area contributed by atoms with Crippen molar-refractivity contribution in [1.82, 2.24) is 24.6 Å². The fourth-order valence-corrected chi connectivity index (χ4v) is 6.01. The van der Waals surface area contributed by atoms with Crippen LogP contribution in [0.4, 0.5) is 17.2 Å². The van der Waals surface area contributed by atoms with E-state index in [1.165, 1.54) is 5.56 Å². The van der Waals surface area contributed by atoms with Gasteiger partial charge in [-0.15, -0.1) is 0 Å². The first-order valence-electron chi connectivity index (χ1n) is 13.0. The third-order valence-corrected chi connectivity index (χ3v) is 8.24. The molecule has 0 unspecified atom stereocenters. The maximum absolute atomic E-state index is 11.5. The van der Waals surface area contributed by atoms with Crippen LogP contribution in [0.1, 0.15) is 12.0 Å². The van der Waals surface area contributed by atoms with E-state index in [1.807, 2.05) is 16.9 Å². The number of fused-ring (bicyclic) bond motifs is 2. The Hall–Kier alpha value is -3.82. The Kier molecular flexibility index (Phi) is 7.28. The SMILES string of the molecule is O=S1CCN(CCCNc2ccc3c(Nc4ccc5c(cnn5Cc5ccccc5)c4)ncnc3c2)CC1. The fraction of sp³-hybridized carbons (Fsp3) is 0.276. The summed E-state index contributed by atoms with van der Waals surface area (Å²) < 4.78 is 13.5. The van der Waals surface area contributed by atoms with Crippen molar-refractivity contribution in [2.45, 2.75) is 13.0 Å². The molecule has 1 fully saturated rings. The molecule has 2 N–H and O–H groups in total. The van der Waals surface area contributed by atoms with Crippen molar-refractivity contribution in [2.24, 2.45) is 0 Å². The van der Waals surface area contributed by atoms with Crippen LogP contribution in [-0.2, 0) is 17.3 Å². The van der Waals surface area contributed by atoms with Crippen molar-refractivity contribution >= 4 is 49.8 Å². The van der Waals surface area contributed by atoms with Crippen molar-refractivity contribution < 1.29 is 4.21 Å². The number of hydrogen-bond donors (Lipinski definition) is 2. The van der Waals surface area contributed by atoms with Gasteiger partial charge in [0.05, 0.1) is 23.8 Å². The van der Waals surface area contributed by atoms with Gasteiger partial charge in [-0.3, -0.25) is 8.89 Å². The summed E-state index contributed by atoms with van der Waals surface area (Å²) >= 11 is 0. The average molecular weight is 526 g/mol. The van der Waals surface area contributed by atoms with E-state index >= 15 is 0 Å². The number of anilines is 3.